The number of amides is 1. The van der Waals surface area contributed by atoms with Crippen molar-refractivity contribution in [2.45, 2.75) is 27.2 Å². The summed E-state index contributed by atoms with van der Waals surface area (Å²) in [6.45, 7) is 12.6. The highest BCUT2D eigenvalue weighted by atomic mass is 35.5. The van der Waals surface area contributed by atoms with Crippen molar-refractivity contribution in [2.75, 3.05) is 39.3 Å². The maximum absolute atomic E-state index is 11.7. The topological polar surface area (TPSA) is 44.4 Å². The Balaban J connectivity index is 0.00000289. The van der Waals surface area contributed by atoms with Crippen molar-refractivity contribution in [2.24, 2.45) is 11.8 Å². The number of hydrogen-bond acceptors (Lipinski definition) is 3. The van der Waals surface area contributed by atoms with Gasteiger partial charge in [0, 0.05) is 45.7 Å². The summed E-state index contributed by atoms with van der Waals surface area (Å²) in [5, 5.41) is 6.34. The van der Waals surface area contributed by atoms with Crippen molar-refractivity contribution >= 4 is 18.3 Å². The minimum absolute atomic E-state index is 0. The number of hydrogen-bond donors (Lipinski definition) is 2. The fourth-order valence-electron chi connectivity index (χ4n) is 1.89. The van der Waals surface area contributed by atoms with E-state index in [1.165, 1.54) is 0 Å². The molecule has 1 rings (SSSR count). The summed E-state index contributed by atoms with van der Waals surface area (Å²) >= 11 is 0. The van der Waals surface area contributed by atoms with Gasteiger partial charge in [-0.15, -0.1) is 12.4 Å². The Kier molecular flexibility index (Phi) is 9.42. The molecule has 1 fully saturated rings. The highest BCUT2D eigenvalue weighted by Crippen LogP contribution is 2.13. The van der Waals surface area contributed by atoms with Crippen molar-refractivity contribution in [1.82, 2.24) is 15.5 Å². The molecule has 1 unspecified atom stereocenters. The first kappa shape index (κ1) is 17.7. The average Bonchev–Trinajstić information content (AvgIpc) is 2.30. The average molecular weight is 278 g/mol. The van der Waals surface area contributed by atoms with Crippen LogP contribution >= 0.6 is 12.4 Å². The Morgan fingerprint density at radius 2 is 1.89 bits per heavy atom. The first-order chi connectivity index (χ1) is 8.09. The van der Waals surface area contributed by atoms with E-state index < -0.39 is 0 Å². The monoisotopic (exact) mass is 277 g/mol. The molecule has 108 valence electrons. The molecule has 0 bridgehead atoms. The minimum Gasteiger partial charge on any atom is -0.355 e. The third-order valence-corrected chi connectivity index (χ3v) is 3.61. The van der Waals surface area contributed by atoms with Crippen LogP contribution in [0.15, 0.2) is 0 Å². The normalized spacial score (nSPS) is 18.2. The molecule has 0 aliphatic carbocycles. The first-order valence-corrected chi connectivity index (χ1v) is 6.79. The molecule has 0 radical (unpaired) electrons. The molecule has 0 spiro atoms. The summed E-state index contributed by atoms with van der Waals surface area (Å²) in [6.07, 6.45) is 0.652. The Morgan fingerprint density at radius 1 is 1.28 bits per heavy atom. The Morgan fingerprint density at radius 3 is 2.44 bits per heavy atom. The van der Waals surface area contributed by atoms with E-state index in [-0.39, 0.29) is 18.3 Å². The van der Waals surface area contributed by atoms with Crippen LogP contribution in [0, 0.1) is 11.8 Å². The van der Waals surface area contributed by atoms with Crippen LogP contribution in [0.1, 0.15) is 27.2 Å². The van der Waals surface area contributed by atoms with Crippen LogP contribution in [0.25, 0.3) is 0 Å². The highest BCUT2D eigenvalue weighted by Gasteiger charge is 2.13. The van der Waals surface area contributed by atoms with Crippen molar-refractivity contribution in [3.63, 3.8) is 0 Å². The van der Waals surface area contributed by atoms with E-state index in [1.807, 2.05) is 0 Å². The van der Waals surface area contributed by atoms with E-state index in [1.54, 1.807) is 0 Å². The summed E-state index contributed by atoms with van der Waals surface area (Å²) in [5.41, 5.74) is 0. The first-order valence-electron chi connectivity index (χ1n) is 6.79. The summed E-state index contributed by atoms with van der Waals surface area (Å²) < 4.78 is 0. The molecule has 1 aliphatic heterocycles. The van der Waals surface area contributed by atoms with Gasteiger partial charge in [-0.1, -0.05) is 20.8 Å². The largest absolute Gasteiger partial charge is 0.355 e. The predicted molar refractivity (Wildman–Crippen MR) is 78.2 cm³/mol. The standard InChI is InChI=1S/C13H27N3O.ClH/c1-11(2)12(3)10-13(17)15-6-9-16-7-4-14-5-8-16;/h11-12,14H,4-10H2,1-3H3,(H,15,17);1H. The van der Waals surface area contributed by atoms with Crippen LogP contribution in [-0.4, -0.2) is 50.1 Å². The Bertz CT molecular complexity index is 230. The van der Waals surface area contributed by atoms with Gasteiger partial charge in [-0.05, 0) is 11.8 Å². The van der Waals surface area contributed by atoms with Crippen LogP contribution in [0.2, 0.25) is 0 Å². The molecule has 1 aliphatic rings. The Labute approximate surface area is 117 Å². The van der Waals surface area contributed by atoms with E-state index >= 15 is 0 Å². The third kappa shape index (κ3) is 7.19. The second-order valence-corrected chi connectivity index (χ2v) is 5.37. The second-order valence-electron chi connectivity index (χ2n) is 5.37. The van der Waals surface area contributed by atoms with Crippen LogP contribution in [0.3, 0.4) is 0 Å². The molecule has 4 nitrogen and oxygen atoms in total. The van der Waals surface area contributed by atoms with Gasteiger partial charge >= 0.3 is 0 Å². The van der Waals surface area contributed by atoms with Crippen LogP contribution in [0.4, 0.5) is 0 Å². The number of piperazine rings is 1. The predicted octanol–water partition coefficient (Wildman–Crippen LogP) is 1.11. The van der Waals surface area contributed by atoms with Gasteiger partial charge in [0.05, 0.1) is 0 Å². The highest BCUT2D eigenvalue weighted by molar-refractivity contribution is 5.85. The maximum Gasteiger partial charge on any atom is 0.220 e. The van der Waals surface area contributed by atoms with Crippen molar-refractivity contribution < 1.29 is 4.79 Å². The number of halogens is 1. The van der Waals surface area contributed by atoms with E-state index in [0.717, 1.165) is 39.3 Å². The van der Waals surface area contributed by atoms with Gasteiger partial charge in [0.1, 0.15) is 0 Å². The number of carbonyl (C=O) groups excluding carboxylic acids is 1. The quantitative estimate of drug-likeness (QED) is 0.765. The summed E-state index contributed by atoms with van der Waals surface area (Å²) in [5.74, 6) is 1.24. The number of nitrogens with zero attached hydrogens (tertiary/aromatic N) is 1. The smallest absolute Gasteiger partial charge is 0.220 e. The van der Waals surface area contributed by atoms with Gasteiger partial charge in [-0.2, -0.15) is 0 Å². The number of rotatable bonds is 6. The van der Waals surface area contributed by atoms with Gasteiger partial charge in [0.25, 0.3) is 0 Å². The summed E-state index contributed by atoms with van der Waals surface area (Å²) in [4.78, 5) is 14.0. The molecule has 5 heteroatoms. The van der Waals surface area contributed by atoms with Gasteiger partial charge in [-0.3, -0.25) is 9.69 Å². The van der Waals surface area contributed by atoms with E-state index in [2.05, 4.69) is 36.3 Å². The second kappa shape index (κ2) is 9.59. The fraction of sp³-hybridized carbons (Fsp3) is 0.923. The molecule has 1 atom stereocenters. The van der Waals surface area contributed by atoms with Gasteiger partial charge in [-0.25, -0.2) is 0 Å². The fourth-order valence-corrected chi connectivity index (χ4v) is 1.89. The lowest BCUT2D eigenvalue weighted by Gasteiger charge is -2.27. The zero-order chi connectivity index (χ0) is 12.7. The molecule has 0 saturated carbocycles. The van der Waals surface area contributed by atoms with Crippen molar-refractivity contribution in [3.05, 3.63) is 0 Å². The van der Waals surface area contributed by atoms with Gasteiger partial charge in [0.2, 0.25) is 5.91 Å². The minimum atomic E-state index is 0. The molecule has 0 aromatic carbocycles. The van der Waals surface area contributed by atoms with Crippen LogP contribution < -0.4 is 10.6 Å². The SMILES string of the molecule is CC(C)C(C)CC(=O)NCCN1CCNCC1.Cl. The summed E-state index contributed by atoms with van der Waals surface area (Å²) in [7, 11) is 0. The molecular weight excluding hydrogens is 250 g/mol. The van der Waals surface area contributed by atoms with Crippen LogP contribution in [0.5, 0.6) is 0 Å². The molecule has 0 aromatic rings. The number of carbonyl (C=O) groups is 1. The van der Waals surface area contributed by atoms with Crippen molar-refractivity contribution in [1.29, 1.82) is 0 Å². The number of nitrogens with one attached hydrogen (secondary N) is 2. The van der Waals surface area contributed by atoms with Gasteiger partial charge in [0.15, 0.2) is 0 Å². The Hall–Kier alpha value is -0.320. The molecule has 18 heavy (non-hydrogen) atoms. The molecular formula is C13H28ClN3O. The zero-order valence-corrected chi connectivity index (χ0v) is 12.7. The van der Waals surface area contributed by atoms with E-state index in [4.69, 9.17) is 0 Å². The molecule has 1 amide bonds. The zero-order valence-electron chi connectivity index (χ0n) is 11.9. The van der Waals surface area contributed by atoms with Crippen molar-refractivity contribution in [3.8, 4) is 0 Å². The molecule has 0 aromatic heterocycles. The lowest BCUT2D eigenvalue weighted by atomic mass is 9.94. The lowest BCUT2D eigenvalue weighted by molar-refractivity contribution is -0.122. The van der Waals surface area contributed by atoms with E-state index in [9.17, 15) is 4.79 Å². The molecule has 1 saturated heterocycles. The summed E-state index contributed by atoms with van der Waals surface area (Å²) in [6, 6.07) is 0. The maximum atomic E-state index is 11.7. The molecule has 2 N–H and O–H groups in total. The molecule has 1 heterocycles. The van der Waals surface area contributed by atoms with E-state index in [0.29, 0.717) is 18.3 Å². The van der Waals surface area contributed by atoms with Gasteiger partial charge < -0.3 is 10.6 Å². The lowest BCUT2D eigenvalue weighted by Crippen LogP contribution is -2.46. The van der Waals surface area contributed by atoms with Crippen LogP contribution in [-0.2, 0) is 4.79 Å². The third-order valence-electron chi connectivity index (χ3n) is 3.61.